The smallest absolute Gasteiger partial charge is 0.179 e. The molecule has 1 N–H and O–H groups in total. The Balaban J connectivity index is 2.61. The summed E-state index contributed by atoms with van der Waals surface area (Å²) in [4.78, 5) is 0. The zero-order valence-corrected chi connectivity index (χ0v) is 11.8. The molecule has 0 unspecified atom stereocenters. The lowest BCUT2D eigenvalue weighted by Gasteiger charge is -2.13. The van der Waals surface area contributed by atoms with Crippen LogP contribution in [0.2, 0.25) is 5.02 Å². The highest BCUT2D eigenvalue weighted by atomic mass is 35.5. The molecule has 102 valence electrons. The van der Waals surface area contributed by atoms with Crippen LogP contribution in [0, 0.1) is 0 Å². The van der Waals surface area contributed by atoms with Crippen LogP contribution in [0.4, 0.5) is 0 Å². The van der Waals surface area contributed by atoms with Gasteiger partial charge in [-0.2, -0.15) is 0 Å². The van der Waals surface area contributed by atoms with Gasteiger partial charge in [0.1, 0.15) is 0 Å². The van der Waals surface area contributed by atoms with E-state index in [0.29, 0.717) is 29.7 Å². The molecule has 0 atom stereocenters. The molecule has 18 heavy (non-hydrogen) atoms. The fourth-order valence-corrected chi connectivity index (χ4v) is 1.88. The van der Waals surface area contributed by atoms with E-state index in [1.165, 1.54) is 0 Å². The van der Waals surface area contributed by atoms with Gasteiger partial charge in [0.2, 0.25) is 0 Å². The van der Waals surface area contributed by atoms with Crippen LogP contribution < -0.4 is 14.8 Å². The highest BCUT2D eigenvalue weighted by molar-refractivity contribution is 6.33. The molecule has 0 aromatic heterocycles. The molecule has 4 nitrogen and oxygen atoms in total. The van der Waals surface area contributed by atoms with Crippen molar-refractivity contribution in [1.29, 1.82) is 0 Å². The summed E-state index contributed by atoms with van der Waals surface area (Å²) >= 11 is 6.26. The second-order valence-electron chi connectivity index (χ2n) is 3.65. The third kappa shape index (κ3) is 4.05. The van der Waals surface area contributed by atoms with E-state index < -0.39 is 0 Å². The van der Waals surface area contributed by atoms with E-state index in [1.807, 2.05) is 19.1 Å². The number of ether oxygens (including phenoxy) is 3. The highest BCUT2D eigenvalue weighted by Gasteiger charge is 2.12. The molecule has 0 bridgehead atoms. The van der Waals surface area contributed by atoms with Crippen molar-refractivity contribution in [2.75, 3.05) is 34.0 Å². The predicted octanol–water partition coefficient (Wildman–Crippen LogP) is 2.48. The van der Waals surface area contributed by atoms with Gasteiger partial charge in [0, 0.05) is 19.7 Å². The lowest BCUT2D eigenvalue weighted by atomic mass is 10.2. The Hall–Kier alpha value is -0.970. The summed E-state index contributed by atoms with van der Waals surface area (Å²) in [5.41, 5.74) is 0.978. The quantitative estimate of drug-likeness (QED) is 0.739. The fraction of sp³-hybridized carbons (Fsp3) is 0.538. The highest BCUT2D eigenvalue weighted by Crippen LogP contribution is 2.37. The third-order valence-corrected chi connectivity index (χ3v) is 2.92. The van der Waals surface area contributed by atoms with E-state index in [-0.39, 0.29) is 0 Å². The van der Waals surface area contributed by atoms with Gasteiger partial charge in [-0.15, -0.1) is 0 Å². The first-order chi connectivity index (χ1) is 8.74. The first kappa shape index (κ1) is 15.1. The maximum Gasteiger partial charge on any atom is 0.179 e. The number of methoxy groups -OCH3 is 2. The first-order valence-corrected chi connectivity index (χ1v) is 6.30. The summed E-state index contributed by atoms with van der Waals surface area (Å²) in [6, 6.07) is 3.78. The number of nitrogens with one attached hydrogen (secondary N) is 1. The largest absolute Gasteiger partial charge is 0.493 e. The van der Waals surface area contributed by atoms with Gasteiger partial charge in [-0.25, -0.2) is 0 Å². The van der Waals surface area contributed by atoms with Crippen LogP contribution in [0.3, 0.4) is 0 Å². The van der Waals surface area contributed by atoms with E-state index in [4.69, 9.17) is 25.8 Å². The molecular weight excluding hydrogens is 254 g/mol. The monoisotopic (exact) mass is 273 g/mol. The van der Waals surface area contributed by atoms with Gasteiger partial charge in [-0.1, -0.05) is 17.7 Å². The van der Waals surface area contributed by atoms with Crippen LogP contribution in [-0.2, 0) is 11.3 Å². The Morgan fingerprint density at radius 3 is 2.61 bits per heavy atom. The number of hydrogen-bond donors (Lipinski definition) is 1. The predicted molar refractivity (Wildman–Crippen MR) is 72.8 cm³/mol. The van der Waals surface area contributed by atoms with Gasteiger partial charge in [0.25, 0.3) is 0 Å². The summed E-state index contributed by atoms with van der Waals surface area (Å²) in [7, 11) is 3.17. The van der Waals surface area contributed by atoms with Crippen LogP contribution in [0.25, 0.3) is 0 Å². The van der Waals surface area contributed by atoms with E-state index >= 15 is 0 Å². The van der Waals surface area contributed by atoms with Crippen molar-refractivity contribution < 1.29 is 14.2 Å². The van der Waals surface area contributed by atoms with E-state index in [0.717, 1.165) is 18.7 Å². The fourth-order valence-electron chi connectivity index (χ4n) is 1.58. The lowest BCUT2D eigenvalue weighted by molar-refractivity contribution is 0.149. The topological polar surface area (TPSA) is 39.7 Å². The minimum absolute atomic E-state index is 0.572. The Labute approximate surface area is 113 Å². The number of halogens is 1. The zero-order valence-electron chi connectivity index (χ0n) is 11.1. The summed E-state index contributed by atoms with van der Waals surface area (Å²) in [6.45, 7) is 4.87. The third-order valence-electron chi connectivity index (χ3n) is 2.51. The number of hydrogen-bond acceptors (Lipinski definition) is 4. The molecule has 0 fully saturated rings. The summed E-state index contributed by atoms with van der Waals surface area (Å²) in [6.07, 6.45) is 0. The van der Waals surface area contributed by atoms with Crippen LogP contribution in [0.5, 0.6) is 11.5 Å². The average Bonchev–Trinajstić information content (AvgIpc) is 2.39. The van der Waals surface area contributed by atoms with Crippen LogP contribution >= 0.6 is 11.6 Å². The van der Waals surface area contributed by atoms with Crippen LogP contribution in [-0.4, -0.2) is 34.0 Å². The van der Waals surface area contributed by atoms with E-state index in [2.05, 4.69) is 5.32 Å². The lowest BCUT2D eigenvalue weighted by Crippen LogP contribution is -2.19. The van der Waals surface area contributed by atoms with Gasteiger partial charge in [-0.05, 0) is 18.6 Å². The summed E-state index contributed by atoms with van der Waals surface area (Å²) < 4.78 is 15.7. The van der Waals surface area contributed by atoms with Crippen molar-refractivity contribution in [3.8, 4) is 11.5 Å². The Morgan fingerprint density at radius 2 is 2.00 bits per heavy atom. The molecule has 1 aromatic rings. The Bertz CT molecular complexity index is 371. The molecule has 0 amide bonds. The van der Waals surface area contributed by atoms with E-state index in [9.17, 15) is 0 Å². The minimum Gasteiger partial charge on any atom is -0.493 e. The molecule has 0 spiro atoms. The molecule has 1 aromatic carbocycles. The van der Waals surface area contributed by atoms with Crippen LogP contribution in [0.15, 0.2) is 12.1 Å². The van der Waals surface area contributed by atoms with Crippen molar-refractivity contribution >= 4 is 11.6 Å². The average molecular weight is 274 g/mol. The normalized spacial score (nSPS) is 10.4. The molecular formula is C13H20ClNO3. The maximum atomic E-state index is 6.26. The van der Waals surface area contributed by atoms with Crippen molar-refractivity contribution in [3.05, 3.63) is 22.7 Å². The SMILES string of the molecule is CCOCCNCc1ccc(OC)c(OC)c1Cl. The van der Waals surface area contributed by atoms with Gasteiger partial charge in [-0.3, -0.25) is 0 Å². The second kappa shape index (κ2) is 8.19. The number of rotatable bonds is 8. The van der Waals surface area contributed by atoms with Crippen molar-refractivity contribution in [2.24, 2.45) is 0 Å². The molecule has 0 saturated heterocycles. The standard InChI is InChI=1S/C13H20ClNO3/c1-4-18-8-7-15-9-10-5-6-11(16-2)13(17-3)12(10)14/h5-6,15H,4,7-9H2,1-3H3. The van der Waals surface area contributed by atoms with Crippen molar-refractivity contribution in [1.82, 2.24) is 5.32 Å². The molecule has 0 radical (unpaired) electrons. The van der Waals surface area contributed by atoms with Crippen molar-refractivity contribution in [3.63, 3.8) is 0 Å². The molecule has 0 saturated carbocycles. The summed E-state index contributed by atoms with van der Waals surface area (Å²) in [5, 5.41) is 3.84. The Kier molecular flexibility index (Phi) is 6.86. The minimum atomic E-state index is 0.572. The van der Waals surface area contributed by atoms with E-state index in [1.54, 1.807) is 14.2 Å². The first-order valence-electron chi connectivity index (χ1n) is 5.92. The van der Waals surface area contributed by atoms with Crippen LogP contribution in [0.1, 0.15) is 12.5 Å². The molecule has 5 heteroatoms. The van der Waals surface area contributed by atoms with Gasteiger partial charge in [0.15, 0.2) is 11.5 Å². The molecule has 0 aliphatic rings. The van der Waals surface area contributed by atoms with Gasteiger partial charge < -0.3 is 19.5 Å². The molecule has 1 rings (SSSR count). The van der Waals surface area contributed by atoms with Gasteiger partial charge >= 0.3 is 0 Å². The van der Waals surface area contributed by atoms with Gasteiger partial charge in [0.05, 0.1) is 25.8 Å². The molecule has 0 aliphatic heterocycles. The molecule has 0 aliphatic carbocycles. The maximum absolute atomic E-state index is 6.26. The van der Waals surface area contributed by atoms with Crippen molar-refractivity contribution in [2.45, 2.75) is 13.5 Å². The summed E-state index contributed by atoms with van der Waals surface area (Å²) in [5.74, 6) is 1.21. The zero-order chi connectivity index (χ0) is 13.4. The molecule has 0 heterocycles. The Morgan fingerprint density at radius 1 is 1.22 bits per heavy atom. The second-order valence-corrected chi connectivity index (χ2v) is 4.03. The number of benzene rings is 1.